The molecule has 0 radical (unpaired) electrons. The zero-order valence-corrected chi connectivity index (χ0v) is 8.08. The lowest BCUT2D eigenvalue weighted by Gasteiger charge is -2.39. The third kappa shape index (κ3) is 1.99. The highest BCUT2D eigenvalue weighted by Crippen LogP contribution is 2.34. The lowest BCUT2D eigenvalue weighted by molar-refractivity contribution is -0.114. The molecule has 2 heteroatoms. The molecule has 3 atom stereocenters. The van der Waals surface area contributed by atoms with Crippen LogP contribution in [0.15, 0.2) is 0 Å². The zero-order chi connectivity index (χ0) is 9.19. The summed E-state index contributed by atoms with van der Waals surface area (Å²) < 4.78 is 0. The molecule has 1 saturated carbocycles. The predicted molar refractivity (Wildman–Crippen MR) is 48.9 cm³/mol. The van der Waals surface area contributed by atoms with Gasteiger partial charge in [0.05, 0.1) is 11.7 Å². The van der Waals surface area contributed by atoms with Crippen molar-refractivity contribution in [3.63, 3.8) is 0 Å². The molecule has 2 N–H and O–H groups in total. The van der Waals surface area contributed by atoms with Gasteiger partial charge in [0.15, 0.2) is 0 Å². The molecule has 12 heavy (non-hydrogen) atoms. The van der Waals surface area contributed by atoms with E-state index in [0.717, 1.165) is 32.1 Å². The van der Waals surface area contributed by atoms with Gasteiger partial charge in [-0.2, -0.15) is 0 Å². The Kier molecular flexibility index (Phi) is 3.13. The van der Waals surface area contributed by atoms with Crippen LogP contribution >= 0.6 is 0 Å². The highest BCUT2D eigenvalue weighted by Gasteiger charge is 2.38. The Morgan fingerprint density at radius 2 is 2.17 bits per heavy atom. The number of aliphatic hydroxyl groups is 2. The smallest absolute Gasteiger partial charge is 0.0905 e. The molecule has 1 rings (SSSR count). The van der Waals surface area contributed by atoms with Gasteiger partial charge in [-0.3, -0.25) is 0 Å². The average molecular weight is 172 g/mol. The molecule has 1 unspecified atom stereocenters. The quantitative estimate of drug-likeness (QED) is 0.665. The van der Waals surface area contributed by atoms with E-state index in [-0.39, 0.29) is 0 Å². The maximum absolute atomic E-state index is 10.0. The van der Waals surface area contributed by atoms with Crippen LogP contribution in [0.3, 0.4) is 0 Å². The van der Waals surface area contributed by atoms with Gasteiger partial charge in [0.1, 0.15) is 0 Å². The topological polar surface area (TPSA) is 40.5 Å². The van der Waals surface area contributed by atoms with Crippen molar-refractivity contribution < 1.29 is 10.2 Å². The highest BCUT2D eigenvalue weighted by molar-refractivity contribution is 4.91. The first-order valence-electron chi connectivity index (χ1n) is 4.99. The van der Waals surface area contributed by atoms with Gasteiger partial charge in [-0.1, -0.05) is 20.3 Å². The molecule has 0 aliphatic heterocycles. The van der Waals surface area contributed by atoms with Crippen LogP contribution in [-0.4, -0.2) is 21.9 Å². The Balaban J connectivity index is 2.53. The van der Waals surface area contributed by atoms with Gasteiger partial charge in [-0.05, 0) is 31.6 Å². The van der Waals surface area contributed by atoms with E-state index in [9.17, 15) is 10.2 Å². The summed E-state index contributed by atoms with van der Waals surface area (Å²) in [6.45, 7) is 4.18. The van der Waals surface area contributed by atoms with Crippen molar-refractivity contribution in [3.05, 3.63) is 0 Å². The normalized spacial score (nSPS) is 43.0. The van der Waals surface area contributed by atoms with Gasteiger partial charge in [0.25, 0.3) is 0 Å². The van der Waals surface area contributed by atoms with Crippen molar-refractivity contribution in [3.8, 4) is 0 Å². The average Bonchev–Trinajstić information content (AvgIpc) is 1.99. The zero-order valence-electron chi connectivity index (χ0n) is 8.08. The molecule has 0 heterocycles. The fourth-order valence-corrected chi connectivity index (χ4v) is 2.11. The van der Waals surface area contributed by atoms with Crippen molar-refractivity contribution in [2.24, 2.45) is 5.92 Å². The van der Waals surface area contributed by atoms with Crippen molar-refractivity contribution in [1.82, 2.24) is 0 Å². The Labute approximate surface area is 74.6 Å². The SMILES string of the molecule is CCC[C@]1(O)CCC(C)C[C@H]1O. The van der Waals surface area contributed by atoms with Crippen molar-refractivity contribution in [2.75, 3.05) is 0 Å². The van der Waals surface area contributed by atoms with Crippen LogP contribution in [0.2, 0.25) is 0 Å². The molecule has 0 aromatic rings. The Hall–Kier alpha value is -0.0800. The summed E-state index contributed by atoms with van der Waals surface area (Å²) in [4.78, 5) is 0. The summed E-state index contributed by atoms with van der Waals surface area (Å²) >= 11 is 0. The van der Waals surface area contributed by atoms with Crippen LogP contribution in [0.25, 0.3) is 0 Å². The molecule has 0 saturated heterocycles. The van der Waals surface area contributed by atoms with E-state index in [2.05, 4.69) is 6.92 Å². The summed E-state index contributed by atoms with van der Waals surface area (Å²) in [7, 11) is 0. The Morgan fingerprint density at radius 1 is 1.50 bits per heavy atom. The maximum Gasteiger partial charge on any atom is 0.0905 e. The molecule has 0 aromatic carbocycles. The van der Waals surface area contributed by atoms with E-state index >= 15 is 0 Å². The van der Waals surface area contributed by atoms with Gasteiger partial charge >= 0.3 is 0 Å². The van der Waals surface area contributed by atoms with Crippen molar-refractivity contribution in [2.45, 2.75) is 57.7 Å². The third-order valence-electron chi connectivity index (χ3n) is 3.00. The first-order valence-corrected chi connectivity index (χ1v) is 4.99. The lowest BCUT2D eigenvalue weighted by atomic mass is 9.75. The molecule has 0 bridgehead atoms. The van der Waals surface area contributed by atoms with E-state index in [1.807, 2.05) is 6.92 Å². The summed E-state index contributed by atoms with van der Waals surface area (Å²) in [5.41, 5.74) is -0.777. The lowest BCUT2D eigenvalue weighted by Crippen LogP contribution is -2.46. The highest BCUT2D eigenvalue weighted by atomic mass is 16.3. The number of hydrogen-bond donors (Lipinski definition) is 2. The second-order valence-electron chi connectivity index (χ2n) is 4.25. The van der Waals surface area contributed by atoms with E-state index < -0.39 is 11.7 Å². The van der Waals surface area contributed by atoms with Crippen LogP contribution in [0.4, 0.5) is 0 Å². The first kappa shape index (κ1) is 10.0. The van der Waals surface area contributed by atoms with E-state index in [0.29, 0.717) is 5.92 Å². The Bertz CT molecular complexity index is 147. The number of hydrogen-bond acceptors (Lipinski definition) is 2. The largest absolute Gasteiger partial charge is 0.390 e. The van der Waals surface area contributed by atoms with Crippen LogP contribution in [0.1, 0.15) is 46.0 Å². The minimum atomic E-state index is -0.777. The van der Waals surface area contributed by atoms with Gasteiger partial charge in [0.2, 0.25) is 0 Å². The molecule has 0 spiro atoms. The number of rotatable bonds is 2. The fourth-order valence-electron chi connectivity index (χ4n) is 2.11. The standard InChI is InChI=1S/C10H20O2/c1-3-5-10(12)6-4-8(2)7-9(10)11/h8-9,11-12H,3-7H2,1-2H3/t8?,9-,10+/m1/s1. The molecule has 1 aliphatic carbocycles. The minimum absolute atomic E-state index is 0.499. The van der Waals surface area contributed by atoms with E-state index in [1.54, 1.807) is 0 Å². The molecular formula is C10H20O2. The second kappa shape index (κ2) is 3.75. The first-order chi connectivity index (χ1) is 5.58. The maximum atomic E-state index is 10.0. The van der Waals surface area contributed by atoms with E-state index in [4.69, 9.17) is 0 Å². The van der Waals surface area contributed by atoms with Gasteiger partial charge < -0.3 is 10.2 Å². The van der Waals surface area contributed by atoms with Crippen LogP contribution in [0, 0.1) is 5.92 Å². The minimum Gasteiger partial charge on any atom is -0.390 e. The second-order valence-corrected chi connectivity index (χ2v) is 4.25. The number of aliphatic hydroxyl groups excluding tert-OH is 1. The third-order valence-corrected chi connectivity index (χ3v) is 3.00. The Morgan fingerprint density at radius 3 is 2.67 bits per heavy atom. The van der Waals surface area contributed by atoms with Crippen LogP contribution < -0.4 is 0 Å². The predicted octanol–water partition coefficient (Wildman–Crippen LogP) is 1.70. The van der Waals surface area contributed by atoms with Crippen LogP contribution in [0.5, 0.6) is 0 Å². The molecule has 1 fully saturated rings. The molecule has 72 valence electrons. The van der Waals surface area contributed by atoms with Crippen LogP contribution in [-0.2, 0) is 0 Å². The summed E-state index contributed by atoms with van der Waals surface area (Å²) in [5.74, 6) is 0.567. The summed E-state index contributed by atoms with van der Waals surface area (Å²) in [5, 5.41) is 19.7. The fraction of sp³-hybridized carbons (Fsp3) is 1.00. The molecule has 0 aromatic heterocycles. The van der Waals surface area contributed by atoms with Gasteiger partial charge in [0, 0.05) is 0 Å². The monoisotopic (exact) mass is 172 g/mol. The summed E-state index contributed by atoms with van der Waals surface area (Å²) in [6, 6.07) is 0. The van der Waals surface area contributed by atoms with Crippen molar-refractivity contribution in [1.29, 1.82) is 0 Å². The van der Waals surface area contributed by atoms with Gasteiger partial charge in [-0.15, -0.1) is 0 Å². The molecular weight excluding hydrogens is 152 g/mol. The molecule has 1 aliphatic rings. The molecule has 2 nitrogen and oxygen atoms in total. The molecule has 0 amide bonds. The van der Waals surface area contributed by atoms with Gasteiger partial charge in [-0.25, -0.2) is 0 Å². The van der Waals surface area contributed by atoms with E-state index in [1.165, 1.54) is 0 Å². The summed E-state index contributed by atoms with van der Waals surface area (Å²) in [6.07, 6.45) is 3.76. The van der Waals surface area contributed by atoms with Crippen molar-refractivity contribution >= 4 is 0 Å².